The van der Waals surface area contributed by atoms with Crippen molar-refractivity contribution >= 4 is 28.3 Å². The molecule has 1 aliphatic carbocycles. The summed E-state index contributed by atoms with van der Waals surface area (Å²) >= 11 is 6.08. The van der Waals surface area contributed by atoms with Crippen LogP contribution in [0.4, 0.5) is 0 Å². The molecule has 4 heteroatoms. The van der Waals surface area contributed by atoms with E-state index in [2.05, 4.69) is 5.32 Å². The third-order valence-electron chi connectivity index (χ3n) is 6.01. The van der Waals surface area contributed by atoms with Crippen molar-refractivity contribution in [2.75, 3.05) is 0 Å². The summed E-state index contributed by atoms with van der Waals surface area (Å²) in [5, 5.41) is 17.4. The number of halogens is 1. The highest BCUT2D eigenvalue weighted by molar-refractivity contribution is 6.30. The van der Waals surface area contributed by atoms with E-state index in [0.717, 1.165) is 41.2 Å². The normalized spacial score (nSPS) is 17.0. The third-order valence-corrected chi connectivity index (χ3v) is 6.24. The van der Waals surface area contributed by atoms with E-state index in [0.29, 0.717) is 24.4 Å². The van der Waals surface area contributed by atoms with Crippen LogP contribution in [0.5, 0.6) is 0 Å². The topological polar surface area (TPSA) is 49.3 Å². The number of hydrogen-bond donors (Lipinski definition) is 2. The molecule has 0 heterocycles. The van der Waals surface area contributed by atoms with E-state index in [-0.39, 0.29) is 5.91 Å². The number of fused-ring (bicyclic) bond motifs is 1. The van der Waals surface area contributed by atoms with E-state index >= 15 is 0 Å². The van der Waals surface area contributed by atoms with E-state index in [1.54, 1.807) is 0 Å². The summed E-state index contributed by atoms with van der Waals surface area (Å²) in [5.74, 6) is -0.737. The van der Waals surface area contributed by atoms with E-state index in [1.165, 1.54) is 0 Å². The minimum Gasteiger partial charge on any atom is -0.389 e. The van der Waals surface area contributed by atoms with Gasteiger partial charge in [-0.15, -0.1) is 0 Å². The lowest BCUT2D eigenvalue weighted by Gasteiger charge is -2.39. The van der Waals surface area contributed by atoms with Crippen LogP contribution in [0.15, 0.2) is 66.7 Å². The second-order valence-corrected chi connectivity index (χ2v) is 8.45. The first kappa shape index (κ1) is 19.9. The van der Waals surface area contributed by atoms with Gasteiger partial charge in [0, 0.05) is 11.6 Å². The van der Waals surface area contributed by atoms with Crippen molar-refractivity contribution in [2.45, 2.75) is 50.2 Å². The average molecular weight is 408 g/mol. The Morgan fingerprint density at radius 2 is 1.72 bits per heavy atom. The molecule has 1 unspecified atom stereocenters. The van der Waals surface area contributed by atoms with Crippen molar-refractivity contribution in [2.24, 2.45) is 0 Å². The van der Waals surface area contributed by atoms with Gasteiger partial charge in [0.25, 0.3) is 0 Å². The Kier molecular flexibility index (Phi) is 5.89. The molecule has 3 nitrogen and oxygen atoms in total. The van der Waals surface area contributed by atoms with Crippen molar-refractivity contribution in [3.63, 3.8) is 0 Å². The zero-order valence-electron chi connectivity index (χ0n) is 16.4. The Balaban J connectivity index is 1.69. The Hall–Kier alpha value is -2.36. The first-order valence-electron chi connectivity index (χ1n) is 10.3. The molecule has 1 fully saturated rings. The molecule has 0 spiro atoms. The number of carbonyl (C=O) groups excluding carboxylic acids is 1. The van der Waals surface area contributed by atoms with Gasteiger partial charge in [-0.2, -0.15) is 0 Å². The van der Waals surface area contributed by atoms with Gasteiger partial charge in [-0.3, -0.25) is 4.79 Å². The lowest BCUT2D eigenvalue weighted by molar-refractivity contribution is -0.131. The largest absolute Gasteiger partial charge is 0.389 e. The van der Waals surface area contributed by atoms with Gasteiger partial charge in [-0.1, -0.05) is 85.5 Å². The molecule has 3 aromatic carbocycles. The van der Waals surface area contributed by atoms with Crippen LogP contribution in [0.2, 0.25) is 5.02 Å². The van der Waals surface area contributed by atoms with E-state index < -0.39 is 11.5 Å². The molecule has 4 rings (SSSR count). The molecule has 1 saturated carbocycles. The maximum Gasteiger partial charge on any atom is 0.230 e. The van der Waals surface area contributed by atoms with Gasteiger partial charge in [0.05, 0.1) is 11.5 Å². The van der Waals surface area contributed by atoms with Gasteiger partial charge in [0.1, 0.15) is 0 Å². The molecule has 2 N–H and O–H groups in total. The fourth-order valence-corrected chi connectivity index (χ4v) is 4.78. The summed E-state index contributed by atoms with van der Waals surface area (Å²) in [6, 6.07) is 21.5. The van der Waals surface area contributed by atoms with E-state index in [4.69, 9.17) is 11.6 Å². The highest BCUT2D eigenvalue weighted by Gasteiger charge is 2.43. The Bertz CT molecular complexity index is 1010. The molecule has 1 aliphatic rings. The smallest absolute Gasteiger partial charge is 0.230 e. The number of hydrogen-bond acceptors (Lipinski definition) is 2. The first-order valence-corrected chi connectivity index (χ1v) is 10.7. The fourth-order valence-electron chi connectivity index (χ4n) is 4.57. The van der Waals surface area contributed by atoms with Gasteiger partial charge in [0.2, 0.25) is 5.91 Å². The molecule has 0 saturated heterocycles. The number of amides is 1. The molecule has 1 atom stereocenters. The first-order chi connectivity index (χ1) is 14.1. The summed E-state index contributed by atoms with van der Waals surface area (Å²) in [5.41, 5.74) is 0.815. The van der Waals surface area contributed by atoms with Gasteiger partial charge in [-0.05, 0) is 46.9 Å². The van der Waals surface area contributed by atoms with Crippen molar-refractivity contribution in [3.8, 4) is 0 Å². The maximum absolute atomic E-state index is 13.4. The number of carbonyl (C=O) groups is 1. The lowest BCUT2D eigenvalue weighted by atomic mass is 9.71. The second-order valence-electron chi connectivity index (χ2n) is 8.01. The zero-order valence-corrected chi connectivity index (χ0v) is 17.2. The fraction of sp³-hybridized carbons (Fsp3) is 0.320. The van der Waals surface area contributed by atoms with Crippen LogP contribution >= 0.6 is 11.6 Å². The molecule has 0 aromatic heterocycles. The summed E-state index contributed by atoms with van der Waals surface area (Å²) < 4.78 is 0. The maximum atomic E-state index is 13.4. The molecule has 150 valence electrons. The third kappa shape index (κ3) is 4.31. The van der Waals surface area contributed by atoms with Crippen molar-refractivity contribution in [3.05, 3.63) is 82.9 Å². The minimum atomic E-state index is -1.03. The van der Waals surface area contributed by atoms with Crippen LogP contribution in [0.3, 0.4) is 0 Å². The number of benzene rings is 3. The van der Waals surface area contributed by atoms with Crippen LogP contribution in [0.1, 0.15) is 49.1 Å². The van der Waals surface area contributed by atoms with Crippen molar-refractivity contribution in [1.82, 2.24) is 5.32 Å². The molecule has 0 radical (unpaired) electrons. The summed E-state index contributed by atoms with van der Waals surface area (Å²) in [6.45, 7) is 0.386. The Labute approximate surface area is 176 Å². The molecular weight excluding hydrogens is 382 g/mol. The number of aliphatic hydroxyl groups is 1. The van der Waals surface area contributed by atoms with Crippen LogP contribution in [0, 0.1) is 0 Å². The molecule has 1 amide bonds. The molecule has 3 aromatic rings. The van der Waals surface area contributed by atoms with Crippen LogP contribution < -0.4 is 5.32 Å². The monoisotopic (exact) mass is 407 g/mol. The molecular formula is C25H26ClNO2. The second kappa shape index (κ2) is 8.56. The molecule has 0 bridgehead atoms. The van der Waals surface area contributed by atoms with Gasteiger partial charge >= 0.3 is 0 Å². The average Bonchev–Trinajstić information content (AvgIpc) is 2.73. The van der Waals surface area contributed by atoms with Gasteiger partial charge < -0.3 is 10.4 Å². The van der Waals surface area contributed by atoms with Crippen molar-refractivity contribution < 1.29 is 9.90 Å². The zero-order chi connectivity index (χ0) is 20.3. The Morgan fingerprint density at radius 3 is 2.52 bits per heavy atom. The Morgan fingerprint density at radius 1 is 1.00 bits per heavy atom. The van der Waals surface area contributed by atoms with E-state index in [1.807, 2.05) is 66.7 Å². The van der Waals surface area contributed by atoms with Crippen molar-refractivity contribution in [1.29, 1.82) is 0 Å². The quantitative estimate of drug-likeness (QED) is 0.579. The highest BCUT2D eigenvalue weighted by Crippen LogP contribution is 2.42. The van der Waals surface area contributed by atoms with Crippen LogP contribution in [0.25, 0.3) is 10.8 Å². The number of rotatable bonds is 5. The summed E-state index contributed by atoms with van der Waals surface area (Å²) in [7, 11) is 0. The SMILES string of the molecule is O=C(NCc1cccc(Cl)c1)C(c1cccc2ccccc12)C1(O)CCCCC1. The highest BCUT2D eigenvalue weighted by atomic mass is 35.5. The lowest BCUT2D eigenvalue weighted by Crippen LogP contribution is -2.46. The van der Waals surface area contributed by atoms with Crippen LogP contribution in [-0.4, -0.2) is 16.6 Å². The standard InChI is InChI=1S/C25H26ClNO2/c26-20-11-6-8-18(16-20)17-27-24(28)23(25(29)14-4-1-5-15-25)22-13-7-10-19-9-2-3-12-21(19)22/h2-3,6-13,16,23,29H,1,4-5,14-15,17H2,(H,27,28). The van der Waals surface area contributed by atoms with E-state index in [9.17, 15) is 9.90 Å². The predicted octanol–water partition coefficient (Wildman–Crippen LogP) is 5.59. The predicted molar refractivity (Wildman–Crippen MR) is 118 cm³/mol. The molecule has 0 aliphatic heterocycles. The van der Waals surface area contributed by atoms with Gasteiger partial charge in [0.15, 0.2) is 0 Å². The number of nitrogens with one attached hydrogen (secondary N) is 1. The van der Waals surface area contributed by atoms with Gasteiger partial charge in [-0.25, -0.2) is 0 Å². The minimum absolute atomic E-state index is 0.134. The molecule has 29 heavy (non-hydrogen) atoms. The van der Waals surface area contributed by atoms with Crippen LogP contribution in [-0.2, 0) is 11.3 Å². The summed E-state index contributed by atoms with van der Waals surface area (Å²) in [4.78, 5) is 13.4. The summed E-state index contributed by atoms with van der Waals surface area (Å²) in [6.07, 6.45) is 4.28.